The van der Waals surface area contributed by atoms with E-state index in [9.17, 15) is 4.79 Å². The molecule has 1 amide bonds. The third-order valence-electron chi connectivity index (χ3n) is 4.06. The first-order valence-corrected chi connectivity index (χ1v) is 8.77. The molecule has 0 aromatic heterocycles. The van der Waals surface area contributed by atoms with E-state index in [0.29, 0.717) is 42.6 Å². The molecule has 1 heterocycles. The molecular formula is C18H29N2O4+. The maximum absolute atomic E-state index is 12.9. The van der Waals surface area contributed by atoms with Crippen LogP contribution >= 0.6 is 0 Å². The molecule has 0 spiro atoms. The first-order valence-electron chi connectivity index (χ1n) is 8.77. The molecule has 6 heteroatoms. The zero-order valence-corrected chi connectivity index (χ0v) is 15.2. The van der Waals surface area contributed by atoms with Gasteiger partial charge in [0.15, 0.2) is 11.5 Å². The summed E-state index contributed by atoms with van der Waals surface area (Å²) in [6.07, 6.45) is 0. The third-order valence-corrected chi connectivity index (χ3v) is 4.06. The van der Waals surface area contributed by atoms with Crippen LogP contribution in [-0.2, 0) is 0 Å². The van der Waals surface area contributed by atoms with Gasteiger partial charge in [0.05, 0.1) is 53.0 Å². The van der Waals surface area contributed by atoms with E-state index in [-0.39, 0.29) is 5.91 Å². The van der Waals surface area contributed by atoms with Gasteiger partial charge < -0.3 is 24.0 Å². The summed E-state index contributed by atoms with van der Waals surface area (Å²) in [5.74, 6) is 1.72. The second-order valence-corrected chi connectivity index (χ2v) is 5.85. The highest BCUT2D eigenvalue weighted by Gasteiger charge is 2.25. The van der Waals surface area contributed by atoms with Crippen LogP contribution in [0.15, 0.2) is 12.1 Å². The predicted molar refractivity (Wildman–Crippen MR) is 92.5 cm³/mol. The van der Waals surface area contributed by atoms with Gasteiger partial charge in [-0.1, -0.05) is 0 Å². The first-order chi connectivity index (χ1) is 11.6. The van der Waals surface area contributed by atoms with Crippen molar-refractivity contribution in [2.24, 2.45) is 0 Å². The number of amides is 1. The standard InChI is InChI=1S/C18H28N2O4/c1-5-22-15-12-14(13-16(23-6-2)17(15)24-7-3)18(21)20-10-8-19(4)9-11-20/h12-13H,5-11H2,1-4H3/p+1. The average molecular weight is 337 g/mol. The Morgan fingerprint density at radius 2 is 1.50 bits per heavy atom. The summed E-state index contributed by atoms with van der Waals surface area (Å²) in [6, 6.07) is 3.54. The SMILES string of the molecule is CCOc1cc(C(=O)N2CC[NH+](C)CC2)cc(OCC)c1OCC. The van der Waals surface area contributed by atoms with Crippen molar-refractivity contribution in [1.29, 1.82) is 0 Å². The van der Waals surface area contributed by atoms with Crippen molar-refractivity contribution < 1.29 is 23.9 Å². The third kappa shape index (κ3) is 4.32. The monoisotopic (exact) mass is 337 g/mol. The fourth-order valence-corrected chi connectivity index (χ4v) is 2.79. The number of quaternary nitrogens is 1. The van der Waals surface area contributed by atoms with Gasteiger partial charge in [-0.3, -0.25) is 4.79 Å². The number of hydrogen-bond acceptors (Lipinski definition) is 4. The van der Waals surface area contributed by atoms with Crippen molar-refractivity contribution in [3.8, 4) is 17.2 Å². The van der Waals surface area contributed by atoms with Crippen LogP contribution in [0.4, 0.5) is 0 Å². The molecule has 134 valence electrons. The Hall–Kier alpha value is -1.95. The molecule has 0 aliphatic carbocycles. The van der Waals surface area contributed by atoms with E-state index >= 15 is 0 Å². The van der Waals surface area contributed by atoms with Crippen molar-refractivity contribution in [1.82, 2.24) is 4.90 Å². The van der Waals surface area contributed by atoms with Crippen molar-refractivity contribution in [2.45, 2.75) is 20.8 Å². The summed E-state index contributed by atoms with van der Waals surface area (Å²) >= 11 is 0. The van der Waals surface area contributed by atoms with Crippen molar-refractivity contribution in [2.75, 3.05) is 53.0 Å². The molecule has 6 nitrogen and oxygen atoms in total. The largest absolute Gasteiger partial charge is 0.490 e. The summed E-state index contributed by atoms with van der Waals surface area (Å²) in [6.45, 7) is 10.7. The van der Waals surface area contributed by atoms with Gasteiger partial charge in [0.1, 0.15) is 0 Å². The normalized spacial score (nSPS) is 15.2. The zero-order chi connectivity index (χ0) is 17.5. The van der Waals surface area contributed by atoms with Gasteiger partial charge in [0, 0.05) is 5.56 Å². The van der Waals surface area contributed by atoms with Gasteiger partial charge in [0.2, 0.25) is 5.75 Å². The summed E-state index contributed by atoms with van der Waals surface area (Å²) in [4.78, 5) is 16.2. The van der Waals surface area contributed by atoms with Crippen LogP contribution in [0.2, 0.25) is 0 Å². The molecule has 24 heavy (non-hydrogen) atoms. The number of piperazine rings is 1. The molecule has 1 aromatic carbocycles. The highest BCUT2D eigenvalue weighted by atomic mass is 16.5. The molecule has 0 unspecified atom stereocenters. The van der Waals surface area contributed by atoms with Gasteiger partial charge in [-0.15, -0.1) is 0 Å². The predicted octanol–water partition coefficient (Wildman–Crippen LogP) is 0.853. The number of carbonyl (C=O) groups is 1. The summed E-state index contributed by atoms with van der Waals surface area (Å²) in [5.41, 5.74) is 0.588. The molecule has 1 aliphatic heterocycles. The number of rotatable bonds is 7. The van der Waals surface area contributed by atoms with E-state index in [2.05, 4.69) is 7.05 Å². The second kappa shape index (κ2) is 8.78. The number of hydrogen-bond donors (Lipinski definition) is 1. The Balaban J connectivity index is 2.33. The molecule has 0 bridgehead atoms. The van der Waals surface area contributed by atoms with E-state index in [1.807, 2.05) is 25.7 Å². The Kier molecular flexibility index (Phi) is 6.73. The highest BCUT2D eigenvalue weighted by Crippen LogP contribution is 2.39. The summed E-state index contributed by atoms with van der Waals surface area (Å²) < 4.78 is 17.1. The highest BCUT2D eigenvalue weighted by molar-refractivity contribution is 5.95. The quantitative estimate of drug-likeness (QED) is 0.802. The van der Waals surface area contributed by atoms with E-state index in [0.717, 1.165) is 26.2 Å². The molecule has 1 saturated heterocycles. The summed E-state index contributed by atoms with van der Waals surface area (Å²) in [7, 11) is 2.15. The number of ether oxygens (including phenoxy) is 3. The molecular weight excluding hydrogens is 308 g/mol. The number of nitrogens with one attached hydrogen (secondary N) is 1. The minimum atomic E-state index is 0.0208. The number of benzene rings is 1. The topological polar surface area (TPSA) is 52.4 Å². The lowest BCUT2D eigenvalue weighted by Gasteiger charge is -2.30. The molecule has 0 atom stereocenters. The van der Waals surface area contributed by atoms with Crippen LogP contribution in [0.1, 0.15) is 31.1 Å². The van der Waals surface area contributed by atoms with Crippen LogP contribution in [-0.4, -0.2) is 63.9 Å². The maximum Gasteiger partial charge on any atom is 0.254 e. The smallest absolute Gasteiger partial charge is 0.254 e. The van der Waals surface area contributed by atoms with Gasteiger partial charge in [0.25, 0.3) is 5.91 Å². The van der Waals surface area contributed by atoms with Crippen LogP contribution in [0, 0.1) is 0 Å². The Bertz CT molecular complexity index is 527. The van der Waals surface area contributed by atoms with Gasteiger partial charge in [-0.25, -0.2) is 0 Å². The Morgan fingerprint density at radius 1 is 1.00 bits per heavy atom. The van der Waals surface area contributed by atoms with Gasteiger partial charge >= 0.3 is 0 Å². The maximum atomic E-state index is 12.9. The number of likely N-dealkylation sites (N-methyl/N-ethyl adjacent to an activating group) is 1. The van der Waals surface area contributed by atoms with Crippen LogP contribution < -0.4 is 19.1 Å². The zero-order valence-electron chi connectivity index (χ0n) is 15.2. The van der Waals surface area contributed by atoms with Crippen molar-refractivity contribution >= 4 is 5.91 Å². The van der Waals surface area contributed by atoms with Crippen LogP contribution in [0.25, 0.3) is 0 Å². The summed E-state index contributed by atoms with van der Waals surface area (Å²) in [5, 5.41) is 0. The van der Waals surface area contributed by atoms with E-state index in [1.54, 1.807) is 12.1 Å². The van der Waals surface area contributed by atoms with Crippen LogP contribution in [0.5, 0.6) is 17.2 Å². The van der Waals surface area contributed by atoms with E-state index in [4.69, 9.17) is 14.2 Å². The van der Waals surface area contributed by atoms with E-state index in [1.165, 1.54) is 4.90 Å². The number of carbonyl (C=O) groups excluding carboxylic acids is 1. The molecule has 1 N–H and O–H groups in total. The van der Waals surface area contributed by atoms with Gasteiger partial charge in [-0.2, -0.15) is 0 Å². The second-order valence-electron chi connectivity index (χ2n) is 5.85. The van der Waals surface area contributed by atoms with Crippen LogP contribution in [0.3, 0.4) is 0 Å². The lowest BCUT2D eigenvalue weighted by Crippen LogP contribution is -3.12. The fourth-order valence-electron chi connectivity index (χ4n) is 2.79. The molecule has 2 rings (SSSR count). The molecule has 1 aliphatic rings. The molecule has 1 fully saturated rings. The van der Waals surface area contributed by atoms with Crippen molar-refractivity contribution in [3.63, 3.8) is 0 Å². The van der Waals surface area contributed by atoms with Crippen molar-refractivity contribution in [3.05, 3.63) is 17.7 Å². The lowest BCUT2D eigenvalue weighted by molar-refractivity contribution is -0.883. The minimum absolute atomic E-state index is 0.0208. The average Bonchev–Trinajstić information content (AvgIpc) is 2.58. The minimum Gasteiger partial charge on any atom is -0.490 e. The lowest BCUT2D eigenvalue weighted by atomic mass is 10.1. The number of nitrogens with zero attached hydrogens (tertiary/aromatic N) is 1. The first kappa shape index (κ1) is 18.4. The Morgan fingerprint density at radius 3 is 1.96 bits per heavy atom. The molecule has 0 saturated carbocycles. The van der Waals surface area contributed by atoms with Gasteiger partial charge in [-0.05, 0) is 32.9 Å². The van der Waals surface area contributed by atoms with E-state index < -0.39 is 0 Å². The fraction of sp³-hybridized carbons (Fsp3) is 0.611. The molecule has 1 aromatic rings. The Labute approximate surface area is 144 Å². The molecule has 0 radical (unpaired) electrons.